The van der Waals surface area contributed by atoms with Crippen molar-refractivity contribution in [3.05, 3.63) is 101 Å². The smallest absolute Gasteiger partial charge is 0.242 e. The SMILES string of the molecule is CC1(C)CC(=O)C2=C(C1)Nc1ccccc1N(CC(=O)N1CCN(c3ccccc3)CC1)C2c1ccc(F)cc1F. The fourth-order valence-electron chi connectivity index (χ4n) is 6.37. The zero-order valence-electron chi connectivity index (χ0n) is 23.4. The van der Waals surface area contributed by atoms with Gasteiger partial charge in [-0.05, 0) is 42.2 Å². The van der Waals surface area contributed by atoms with Gasteiger partial charge in [-0.15, -0.1) is 0 Å². The molecular formula is C33H34F2N4O2. The quantitative estimate of drug-likeness (QED) is 0.432. The van der Waals surface area contributed by atoms with E-state index in [0.717, 1.165) is 23.1 Å². The van der Waals surface area contributed by atoms with Gasteiger partial charge in [0.2, 0.25) is 5.91 Å². The lowest BCUT2D eigenvalue weighted by molar-refractivity contribution is -0.130. The topological polar surface area (TPSA) is 55.9 Å². The van der Waals surface area contributed by atoms with E-state index in [2.05, 4.69) is 22.3 Å². The molecule has 3 aromatic carbocycles. The summed E-state index contributed by atoms with van der Waals surface area (Å²) in [5, 5.41) is 3.47. The van der Waals surface area contributed by atoms with Gasteiger partial charge >= 0.3 is 0 Å². The van der Waals surface area contributed by atoms with Gasteiger partial charge in [0.15, 0.2) is 5.78 Å². The Hall–Kier alpha value is -4.20. The highest BCUT2D eigenvalue weighted by atomic mass is 19.1. The molecule has 0 aromatic heterocycles. The molecule has 3 aromatic rings. The minimum atomic E-state index is -0.889. The summed E-state index contributed by atoms with van der Waals surface area (Å²) in [6, 6.07) is 20.2. The van der Waals surface area contributed by atoms with E-state index in [1.807, 2.05) is 66.1 Å². The number of carbonyl (C=O) groups is 2. The van der Waals surface area contributed by atoms with E-state index in [9.17, 15) is 14.0 Å². The first-order valence-electron chi connectivity index (χ1n) is 14.1. The first kappa shape index (κ1) is 27.0. The average molecular weight is 557 g/mol. The zero-order valence-corrected chi connectivity index (χ0v) is 23.4. The Labute approximate surface area is 239 Å². The van der Waals surface area contributed by atoms with Gasteiger partial charge in [0, 0.05) is 61.2 Å². The van der Waals surface area contributed by atoms with Gasteiger partial charge < -0.3 is 20.0 Å². The number of piperazine rings is 1. The summed E-state index contributed by atoms with van der Waals surface area (Å²) < 4.78 is 29.6. The Morgan fingerprint density at radius 2 is 1.63 bits per heavy atom. The van der Waals surface area contributed by atoms with Gasteiger partial charge in [0.05, 0.1) is 24.0 Å². The van der Waals surface area contributed by atoms with E-state index in [1.54, 1.807) is 0 Å². The molecule has 0 radical (unpaired) electrons. The molecular weight excluding hydrogens is 522 g/mol. The standard InChI is InChI=1S/C33H34F2N4O2/c1-33(2)19-27-31(29(40)20-33)32(24-13-12-22(34)18-25(24)35)39(28-11-7-6-10-26(28)36-27)21-30(41)38-16-14-37(15-17-38)23-8-4-3-5-9-23/h3-13,18,32,36H,14-17,19-21H2,1-2H3. The summed E-state index contributed by atoms with van der Waals surface area (Å²) in [4.78, 5) is 33.6. The van der Waals surface area contributed by atoms with Crippen molar-refractivity contribution in [3.8, 4) is 0 Å². The predicted molar refractivity (Wildman–Crippen MR) is 157 cm³/mol. The lowest BCUT2D eigenvalue weighted by Crippen LogP contribution is -2.52. The molecule has 1 saturated heterocycles. The van der Waals surface area contributed by atoms with Crippen molar-refractivity contribution in [2.45, 2.75) is 32.7 Å². The van der Waals surface area contributed by atoms with E-state index >= 15 is 4.39 Å². The molecule has 41 heavy (non-hydrogen) atoms. The zero-order chi connectivity index (χ0) is 28.7. The second kappa shape index (κ2) is 10.7. The minimum Gasteiger partial charge on any atom is -0.368 e. The molecule has 1 N–H and O–H groups in total. The van der Waals surface area contributed by atoms with Gasteiger partial charge in [0.1, 0.15) is 11.6 Å². The molecule has 1 fully saturated rings. The largest absolute Gasteiger partial charge is 0.368 e. The lowest BCUT2D eigenvalue weighted by atomic mass is 9.73. The molecule has 1 atom stereocenters. The van der Waals surface area contributed by atoms with Gasteiger partial charge in [-0.1, -0.05) is 50.2 Å². The number of benzene rings is 3. The van der Waals surface area contributed by atoms with Crippen molar-refractivity contribution in [1.29, 1.82) is 0 Å². The number of para-hydroxylation sites is 3. The number of hydrogen-bond donors (Lipinski definition) is 1. The number of nitrogens with zero attached hydrogens (tertiary/aromatic N) is 3. The van der Waals surface area contributed by atoms with Crippen LogP contribution in [0.4, 0.5) is 25.8 Å². The third-order valence-corrected chi connectivity index (χ3v) is 8.32. The van der Waals surface area contributed by atoms with Crippen molar-refractivity contribution >= 4 is 28.8 Å². The molecule has 2 aliphatic heterocycles. The van der Waals surface area contributed by atoms with Gasteiger partial charge in [0.25, 0.3) is 0 Å². The number of carbonyl (C=O) groups excluding carboxylic acids is 2. The van der Waals surface area contributed by atoms with Crippen LogP contribution in [0.5, 0.6) is 0 Å². The van der Waals surface area contributed by atoms with E-state index in [0.29, 0.717) is 50.3 Å². The van der Waals surface area contributed by atoms with Crippen LogP contribution in [0, 0.1) is 17.0 Å². The Morgan fingerprint density at radius 1 is 0.927 bits per heavy atom. The Kier molecular flexibility index (Phi) is 7.01. The molecule has 0 bridgehead atoms. The number of amides is 1. The maximum Gasteiger partial charge on any atom is 0.242 e. The number of anilines is 3. The van der Waals surface area contributed by atoms with Crippen LogP contribution in [-0.4, -0.2) is 49.3 Å². The van der Waals surface area contributed by atoms with Crippen molar-refractivity contribution in [1.82, 2.24) is 4.90 Å². The summed E-state index contributed by atoms with van der Waals surface area (Å²) in [5.74, 6) is -1.64. The average Bonchev–Trinajstić information content (AvgIpc) is 3.07. The number of fused-ring (bicyclic) bond motifs is 1. The molecule has 6 nitrogen and oxygen atoms in total. The molecule has 1 aliphatic carbocycles. The number of allylic oxidation sites excluding steroid dienone is 1. The maximum atomic E-state index is 15.5. The first-order chi connectivity index (χ1) is 19.7. The third-order valence-electron chi connectivity index (χ3n) is 8.32. The fourth-order valence-corrected chi connectivity index (χ4v) is 6.37. The van der Waals surface area contributed by atoms with Crippen molar-refractivity contribution in [2.75, 3.05) is 47.8 Å². The van der Waals surface area contributed by atoms with Crippen LogP contribution in [0.3, 0.4) is 0 Å². The van der Waals surface area contributed by atoms with Crippen LogP contribution >= 0.6 is 0 Å². The Morgan fingerprint density at radius 3 is 2.37 bits per heavy atom. The van der Waals surface area contributed by atoms with Gasteiger partial charge in [-0.25, -0.2) is 8.78 Å². The summed E-state index contributed by atoms with van der Waals surface area (Å²) in [7, 11) is 0. The number of halogens is 2. The van der Waals surface area contributed by atoms with E-state index in [-0.39, 0.29) is 29.2 Å². The highest BCUT2D eigenvalue weighted by Gasteiger charge is 2.43. The number of nitrogens with one attached hydrogen (secondary N) is 1. The number of Topliss-reactive ketones (excluding diaryl/α,β-unsaturated/α-hetero) is 1. The van der Waals surface area contributed by atoms with Crippen LogP contribution in [0.1, 0.15) is 38.3 Å². The Balaban J connectivity index is 1.38. The fraction of sp³-hybridized carbons (Fsp3) is 0.333. The number of ketones is 1. The predicted octanol–water partition coefficient (Wildman–Crippen LogP) is 5.93. The molecule has 1 unspecified atom stereocenters. The minimum absolute atomic E-state index is 0.0566. The van der Waals surface area contributed by atoms with Crippen molar-refractivity contribution in [3.63, 3.8) is 0 Å². The van der Waals surface area contributed by atoms with E-state index in [4.69, 9.17) is 0 Å². The molecule has 3 aliphatic rings. The molecule has 0 spiro atoms. The Bertz CT molecular complexity index is 1510. The van der Waals surface area contributed by atoms with Crippen LogP contribution in [0.2, 0.25) is 0 Å². The van der Waals surface area contributed by atoms with Crippen molar-refractivity contribution < 1.29 is 18.4 Å². The second-order valence-electron chi connectivity index (χ2n) is 11.9. The molecule has 1 amide bonds. The normalized spacial score (nSPS) is 20.2. The second-order valence-corrected chi connectivity index (χ2v) is 11.9. The maximum absolute atomic E-state index is 15.5. The van der Waals surface area contributed by atoms with Crippen LogP contribution in [-0.2, 0) is 9.59 Å². The van der Waals surface area contributed by atoms with Gasteiger partial charge in [-0.3, -0.25) is 9.59 Å². The molecule has 6 rings (SSSR count). The summed E-state index contributed by atoms with van der Waals surface area (Å²) in [5.41, 5.74) is 3.61. The van der Waals surface area contributed by atoms with E-state index < -0.39 is 17.7 Å². The first-order valence-corrected chi connectivity index (χ1v) is 14.1. The van der Waals surface area contributed by atoms with Crippen LogP contribution in [0.15, 0.2) is 84.1 Å². The monoisotopic (exact) mass is 556 g/mol. The summed E-state index contributed by atoms with van der Waals surface area (Å²) in [6.45, 7) is 6.53. The van der Waals surface area contributed by atoms with Gasteiger partial charge in [-0.2, -0.15) is 0 Å². The highest BCUT2D eigenvalue weighted by molar-refractivity contribution is 6.02. The molecule has 8 heteroatoms. The van der Waals surface area contributed by atoms with Crippen molar-refractivity contribution in [2.24, 2.45) is 5.41 Å². The summed E-state index contributed by atoms with van der Waals surface area (Å²) >= 11 is 0. The molecule has 2 heterocycles. The number of rotatable bonds is 4. The van der Waals surface area contributed by atoms with Crippen LogP contribution < -0.4 is 15.1 Å². The highest BCUT2D eigenvalue weighted by Crippen LogP contribution is 2.48. The lowest BCUT2D eigenvalue weighted by Gasteiger charge is -2.40. The molecule has 0 saturated carbocycles. The van der Waals surface area contributed by atoms with E-state index in [1.165, 1.54) is 12.1 Å². The molecule has 212 valence electrons. The summed E-state index contributed by atoms with van der Waals surface area (Å²) in [6.07, 6.45) is 0.886. The van der Waals surface area contributed by atoms with Crippen LogP contribution in [0.25, 0.3) is 0 Å². The number of hydrogen-bond acceptors (Lipinski definition) is 5. The third kappa shape index (κ3) is 5.31.